The van der Waals surface area contributed by atoms with Crippen LogP contribution in [0.25, 0.3) is 0 Å². The number of carbonyl (C=O) groups excluding carboxylic acids is 2. The van der Waals surface area contributed by atoms with Gasteiger partial charge in [0.1, 0.15) is 5.75 Å². The van der Waals surface area contributed by atoms with Crippen LogP contribution in [0.4, 0.5) is 11.4 Å². The lowest BCUT2D eigenvalue weighted by Gasteiger charge is -2.12. The fraction of sp³-hybridized carbons (Fsp3) is 0.300. The fourth-order valence-electron chi connectivity index (χ4n) is 2.63. The predicted molar refractivity (Wildman–Crippen MR) is 97.8 cm³/mol. The predicted octanol–water partition coefficient (Wildman–Crippen LogP) is 3.67. The highest BCUT2D eigenvalue weighted by atomic mass is 16.5. The van der Waals surface area contributed by atoms with E-state index < -0.39 is 0 Å². The molecule has 0 aromatic heterocycles. The van der Waals surface area contributed by atoms with E-state index >= 15 is 0 Å². The van der Waals surface area contributed by atoms with Crippen LogP contribution in [-0.2, 0) is 9.59 Å². The van der Waals surface area contributed by atoms with E-state index in [4.69, 9.17) is 4.74 Å². The largest absolute Gasteiger partial charge is 0.483 e. The van der Waals surface area contributed by atoms with Crippen molar-refractivity contribution < 1.29 is 14.3 Å². The van der Waals surface area contributed by atoms with Gasteiger partial charge in [-0.05, 0) is 56.0 Å². The molecule has 0 aliphatic heterocycles. The average Bonchev–Trinajstić information content (AvgIpc) is 3.39. The molecule has 2 N–H and O–H groups in total. The molecule has 0 heterocycles. The average molecular weight is 338 g/mol. The molecule has 1 aliphatic rings. The molecule has 0 radical (unpaired) electrons. The van der Waals surface area contributed by atoms with Gasteiger partial charge in [0.2, 0.25) is 5.91 Å². The van der Waals surface area contributed by atoms with Gasteiger partial charge in [-0.3, -0.25) is 9.59 Å². The van der Waals surface area contributed by atoms with E-state index in [0.29, 0.717) is 11.4 Å². The summed E-state index contributed by atoms with van der Waals surface area (Å²) in [7, 11) is 0. The summed E-state index contributed by atoms with van der Waals surface area (Å²) >= 11 is 0. The number of para-hydroxylation sites is 1. The third kappa shape index (κ3) is 4.59. The zero-order valence-electron chi connectivity index (χ0n) is 14.5. The van der Waals surface area contributed by atoms with Crippen molar-refractivity contribution in [2.45, 2.75) is 26.7 Å². The first-order chi connectivity index (χ1) is 12.0. The highest BCUT2D eigenvalue weighted by molar-refractivity contribution is 5.96. The number of carbonyl (C=O) groups is 2. The van der Waals surface area contributed by atoms with E-state index in [0.717, 1.165) is 29.7 Å². The summed E-state index contributed by atoms with van der Waals surface area (Å²) in [5, 5.41) is 5.66. The number of nitrogens with one attached hydrogen (secondary N) is 2. The maximum absolute atomic E-state index is 12.1. The van der Waals surface area contributed by atoms with Crippen LogP contribution >= 0.6 is 0 Å². The lowest BCUT2D eigenvalue weighted by Crippen LogP contribution is -2.21. The van der Waals surface area contributed by atoms with Gasteiger partial charge in [-0.2, -0.15) is 0 Å². The highest BCUT2D eigenvalue weighted by Gasteiger charge is 2.29. The second-order valence-corrected chi connectivity index (χ2v) is 6.40. The van der Waals surface area contributed by atoms with Crippen molar-refractivity contribution >= 4 is 23.2 Å². The summed E-state index contributed by atoms with van der Waals surface area (Å²) in [5.41, 5.74) is 3.31. The van der Waals surface area contributed by atoms with Gasteiger partial charge in [0.05, 0.1) is 0 Å². The highest BCUT2D eigenvalue weighted by Crippen LogP contribution is 2.30. The van der Waals surface area contributed by atoms with Crippen molar-refractivity contribution in [2.24, 2.45) is 5.92 Å². The molecule has 0 unspecified atom stereocenters. The van der Waals surface area contributed by atoms with Crippen LogP contribution in [0.5, 0.6) is 5.75 Å². The first-order valence-electron chi connectivity index (χ1n) is 8.43. The molecule has 5 nitrogen and oxygen atoms in total. The molecule has 2 aromatic rings. The molecule has 1 saturated carbocycles. The standard InChI is InChI=1S/C20H22N2O3/c1-13-5-3-6-14(2)19(13)25-12-18(23)21-16-7-4-8-17(11-16)22-20(24)15-9-10-15/h3-8,11,15H,9-10,12H2,1-2H3,(H,21,23)(H,22,24). The molecule has 0 spiro atoms. The second kappa shape index (κ2) is 7.38. The molecular formula is C20H22N2O3. The lowest BCUT2D eigenvalue weighted by atomic mass is 10.1. The number of hydrogen-bond acceptors (Lipinski definition) is 3. The lowest BCUT2D eigenvalue weighted by molar-refractivity contribution is -0.118. The molecule has 0 bridgehead atoms. The Morgan fingerprint density at radius 2 is 1.60 bits per heavy atom. The Kier molecular flexibility index (Phi) is 5.03. The molecule has 1 fully saturated rings. The van der Waals surface area contributed by atoms with Gasteiger partial charge < -0.3 is 15.4 Å². The summed E-state index contributed by atoms with van der Waals surface area (Å²) in [5.74, 6) is 0.683. The van der Waals surface area contributed by atoms with Crippen molar-refractivity contribution in [1.82, 2.24) is 0 Å². The summed E-state index contributed by atoms with van der Waals surface area (Å²) in [4.78, 5) is 23.9. The van der Waals surface area contributed by atoms with E-state index in [-0.39, 0.29) is 24.3 Å². The Balaban J connectivity index is 1.56. The van der Waals surface area contributed by atoms with Crippen molar-refractivity contribution in [3.05, 3.63) is 53.6 Å². The van der Waals surface area contributed by atoms with E-state index in [1.165, 1.54) is 0 Å². The molecular weight excluding hydrogens is 316 g/mol. The van der Waals surface area contributed by atoms with E-state index in [1.54, 1.807) is 18.2 Å². The smallest absolute Gasteiger partial charge is 0.262 e. The van der Waals surface area contributed by atoms with Gasteiger partial charge in [0.25, 0.3) is 5.91 Å². The minimum atomic E-state index is -0.242. The molecule has 3 rings (SSSR count). The fourth-order valence-corrected chi connectivity index (χ4v) is 2.63. The summed E-state index contributed by atoms with van der Waals surface area (Å²) < 4.78 is 5.65. The summed E-state index contributed by atoms with van der Waals surface area (Å²) in [6.45, 7) is 3.84. The molecule has 5 heteroatoms. The molecule has 2 aromatic carbocycles. The molecule has 0 saturated heterocycles. The second-order valence-electron chi connectivity index (χ2n) is 6.40. The summed E-state index contributed by atoms with van der Waals surface area (Å²) in [6.07, 6.45) is 1.91. The number of anilines is 2. The first kappa shape index (κ1) is 17.0. The monoisotopic (exact) mass is 338 g/mol. The van der Waals surface area contributed by atoms with Gasteiger partial charge in [-0.1, -0.05) is 24.3 Å². The molecule has 0 atom stereocenters. The van der Waals surface area contributed by atoms with Crippen LogP contribution in [0.3, 0.4) is 0 Å². The third-order valence-corrected chi connectivity index (χ3v) is 4.12. The van der Waals surface area contributed by atoms with E-state index in [2.05, 4.69) is 10.6 Å². The van der Waals surface area contributed by atoms with E-state index in [1.807, 2.05) is 38.1 Å². The third-order valence-electron chi connectivity index (χ3n) is 4.12. The van der Waals surface area contributed by atoms with Crippen molar-refractivity contribution in [1.29, 1.82) is 0 Å². The Morgan fingerprint density at radius 3 is 2.24 bits per heavy atom. The molecule has 1 aliphatic carbocycles. The SMILES string of the molecule is Cc1cccc(C)c1OCC(=O)Nc1cccc(NC(=O)C2CC2)c1. The van der Waals surface area contributed by atoms with Crippen LogP contribution < -0.4 is 15.4 Å². The zero-order chi connectivity index (χ0) is 17.8. The maximum Gasteiger partial charge on any atom is 0.262 e. The minimum absolute atomic E-state index is 0.0434. The van der Waals surface area contributed by atoms with Gasteiger partial charge in [0, 0.05) is 17.3 Å². The number of aryl methyl sites for hydroxylation is 2. The van der Waals surface area contributed by atoms with Crippen molar-refractivity contribution in [2.75, 3.05) is 17.2 Å². The Labute approximate surface area is 147 Å². The first-order valence-corrected chi connectivity index (χ1v) is 8.43. The Hall–Kier alpha value is -2.82. The maximum atomic E-state index is 12.1. The normalized spacial score (nSPS) is 13.2. The Bertz CT molecular complexity index is 777. The van der Waals surface area contributed by atoms with Gasteiger partial charge >= 0.3 is 0 Å². The number of benzene rings is 2. The minimum Gasteiger partial charge on any atom is -0.483 e. The van der Waals surface area contributed by atoms with Gasteiger partial charge in [0.15, 0.2) is 6.61 Å². The number of rotatable bonds is 6. The van der Waals surface area contributed by atoms with Crippen LogP contribution in [0, 0.1) is 19.8 Å². The van der Waals surface area contributed by atoms with Crippen molar-refractivity contribution in [3.63, 3.8) is 0 Å². The van der Waals surface area contributed by atoms with E-state index in [9.17, 15) is 9.59 Å². The molecule has 130 valence electrons. The quantitative estimate of drug-likeness (QED) is 0.844. The van der Waals surface area contributed by atoms with Gasteiger partial charge in [-0.15, -0.1) is 0 Å². The number of hydrogen-bond donors (Lipinski definition) is 2. The Morgan fingerprint density at radius 1 is 1.00 bits per heavy atom. The van der Waals surface area contributed by atoms with Crippen LogP contribution in [0.1, 0.15) is 24.0 Å². The molecule has 25 heavy (non-hydrogen) atoms. The number of amides is 2. The molecule has 2 amide bonds. The zero-order valence-corrected chi connectivity index (χ0v) is 14.5. The number of ether oxygens (including phenoxy) is 1. The van der Waals surface area contributed by atoms with Crippen LogP contribution in [0.15, 0.2) is 42.5 Å². The summed E-state index contributed by atoms with van der Waals surface area (Å²) in [6, 6.07) is 13.0. The van der Waals surface area contributed by atoms with Crippen LogP contribution in [0.2, 0.25) is 0 Å². The van der Waals surface area contributed by atoms with Crippen molar-refractivity contribution in [3.8, 4) is 5.75 Å². The topological polar surface area (TPSA) is 67.4 Å². The van der Waals surface area contributed by atoms with Gasteiger partial charge in [-0.25, -0.2) is 0 Å². The van der Waals surface area contributed by atoms with Crippen LogP contribution in [-0.4, -0.2) is 18.4 Å².